The Labute approximate surface area is 109 Å². The van der Waals surface area contributed by atoms with Gasteiger partial charge in [0, 0.05) is 11.1 Å². The molecule has 1 N–H and O–H groups in total. The van der Waals surface area contributed by atoms with Gasteiger partial charge in [-0.05, 0) is 26.3 Å². The molecule has 3 nitrogen and oxygen atoms in total. The lowest BCUT2D eigenvalue weighted by molar-refractivity contribution is 0.101. The number of aliphatic hydroxyl groups is 1. The van der Waals surface area contributed by atoms with E-state index in [9.17, 15) is 9.90 Å². The highest BCUT2D eigenvalue weighted by Crippen LogP contribution is 2.29. The van der Waals surface area contributed by atoms with Crippen molar-refractivity contribution < 1.29 is 14.6 Å². The van der Waals surface area contributed by atoms with E-state index in [2.05, 4.69) is 6.92 Å². The summed E-state index contributed by atoms with van der Waals surface area (Å²) in [5.74, 6) is 0.568. The maximum Gasteiger partial charge on any atom is 0.160 e. The van der Waals surface area contributed by atoms with E-state index in [0.29, 0.717) is 23.5 Å². The zero-order chi connectivity index (χ0) is 13.5. The summed E-state index contributed by atoms with van der Waals surface area (Å²) in [5, 5.41) is 9.80. The summed E-state index contributed by atoms with van der Waals surface area (Å²) >= 11 is 0. The molecule has 1 unspecified atom stereocenters. The van der Waals surface area contributed by atoms with E-state index in [1.807, 2.05) is 0 Å². The van der Waals surface area contributed by atoms with Crippen LogP contribution in [0.4, 0.5) is 0 Å². The molecule has 0 amide bonds. The molecule has 0 aromatic heterocycles. The SMILES string of the molecule is CCCCCOc1cccc(C(C)=O)c1C(C)O. The average molecular weight is 250 g/mol. The third-order valence-corrected chi connectivity index (χ3v) is 2.87. The Morgan fingerprint density at radius 2 is 2.11 bits per heavy atom. The van der Waals surface area contributed by atoms with Gasteiger partial charge < -0.3 is 9.84 Å². The van der Waals surface area contributed by atoms with Crippen LogP contribution in [0, 0.1) is 0 Å². The summed E-state index contributed by atoms with van der Waals surface area (Å²) in [5.41, 5.74) is 1.14. The van der Waals surface area contributed by atoms with Gasteiger partial charge in [0.25, 0.3) is 0 Å². The summed E-state index contributed by atoms with van der Waals surface area (Å²) in [4.78, 5) is 11.5. The summed E-state index contributed by atoms with van der Waals surface area (Å²) < 4.78 is 5.68. The van der Waals surface area contributed by atoms with Crippen LogP contribution >= 0.6 is 0 Å². The van der Waals surface area contributed by atoms with Gasteiger partial charge in [0.2, 0.25) is 0 Å². The molecule has 18 heavy (non-hydrogen) atoms. The van der Waals surface area contributed by atoms with E-state index < -0.39 is 6.10 Å². The van der Waals surface area contributed by atoms with Gasteiger partial charge in [-0.15, -0.1) is 0 Å². The minimum Gasteiger partial charge on any atom is -0.493 e. The lowest BCUT2D eigenvalue weighted by atomic mass is 9.99. The highest BCUT2D eigenvalue weighted by molar-refractivity contribution is 5.96. The van der Waals surface area contributed by atoms with Gasteiger partial charge in [0.05, 0.1) is 12.7 Å². The van der Waals surface area contributed by atoms with Crippen LogP contribution in [-0.2, 0) is 0 Å². The van der Waals surface area contributed by atoms with Crippen molar-refractivity contribution in [3.8, 4) is 5.75 Å². The smallest absolute Gasteiger partial charge is 0.160 e. The molecule has 0 aliphatic heterocycles. The van der Waals surface area contributed by atoms with Crippen LogP contribution < -0.4 is 4.74 Å². The number of unbranched alkanes of at least 4 members (excludes halogenated alkanes) is 2. The second-order valence-corrected chi connectivity index (χ2v) is 4.51. The molecule has 1 aromatic carbocycles. The number of hydrogen-bond acceptors (Lipinski definition) is 3. The van der Waals surface area contributed by atoms with E-state index in [-0.39, 0.29) is 5.78 Å². The first-order chi connectivity index (χ1) is 8.57. The van der Waals surface area contributed by atoms with Gasteiger partial charge in [-0.2, -0.15) is 0 Å². The van der Waals surface area contributed by atoms with E-state index in [0.717, 1.165) is 19.3 Å². The van der Waals surface area contributed by atoms with Gasteiger partial charge in [0.1, 0.15) is 5.75 Å². The fraction of sp³-hybridized carbons (Fsp3) is 0.533. The number of carbonyl (C=O) groups excluding carboxylic acids is 1. The van der Waals surface area contributed by atoms with Gasteiger partial charge in [-0.1, -0.05) is 31.9 Å². The molecule has 0 fully saturated rings. The predicted molar refractivity (Wildman–Crippen MR) is 72.1 cm³/mol. The molecule has 0 spiro atoms. The van der Waals surface area contributed by atoms with E-state index in [4.69, 9.17) is 4.74 Å². The topological polar surface area (TPSA) is 46.5 Å². The predicted octanol–water partition coefficient (Wildman–Crippen LogP) is 3.51. The summed E-state index contributed by atoms with van der Waals surface area (Å²) in [6.45, 7) is 5.91. The Bertz CT molecular complexity index is 397. The van der Waals surface area contributed by atoms with Crippen molar-refractivity contribution in [2.24, 2.45) is 0 Å². The molecule has 0 radical (unpaired) electrons. The van der Waals surface area contributed by atoms with Crippen molar-refractivity contribution >= 4 is 5.78 Å². The molecule has 1 aromatic rings. The zero-order valence-corrected chi connectivity index (χ0v) is 11.4. The Kier molecular flexibility index (Phi) is 5.86. The fourth-order valence-corrected chi connectivity index (χ4v) is 1.94. The Morgan fingerprint density at radius 3 is 2.67 bits per heavy atom. The third-order valence-electron chi connectivity index (χ3n) is 2.87. The second-order valence-electron chi connectivity index (χ2n) is 4.51. The second kappa shape index (κ2) is 7.17. The first kappa shape index (κ1) is 14.7. The highest BCUT2D eigenvalue weighted by Gasteiger charge is 2.16. The molecule has 0 aliphatic rings. The van der Waals surface area contributed by atoms with Crippen LogP contribution in [0.1, 0.15) is 62.1 Å². The van der Waals surface area contributed by atoms with Gasteiger partial charge in [-0.3, -0.25) is 4.79 Å². The number of hydrogen-bond donors (Lipinski definition) is 1. The van der Waals surface area contributed by atoms with Crippen molar-refractivity contribution in [1.29, 1.82) is 0 Å². The Morgan fingerprint density at radius 1 is 1.39 bits per heavy atom. The van der Waals surface area contributed by atoms with Crippen molar-refractivity contribution in [3.05, 3.63) is 29.3 Å². The number of ether oxygens (including phenoxy) is 1. The van der Waals surface area contributed by atoms with Crippen LogP contribution in [-0.4, -0.2) is 17.5 Å². The molecule has 0 saturated heterocycles. The normalized spacial score (nSPS) is 12.2. The van der Waals surface area contributed by atoms with E-state index >= 15 is 0 Å². The Balaban J connectivity index is 2.89. The number of Topliss-reactive ketones (excluding diaryl/α,β-unsaturated/α-hetero) is 1. The van der Waals surface area contributed by atoms with Crippen LogP contribution in [0.2, 0.25) is 0 Å². The molecule has 0 heterocycles. The third kappa shape index (κ3) is 3.84. The fourth-order valence-electron chi connectivity index (χ4n) is 1.94. The van der Waals surface area contributed by atoms with Gasteiger partial charge in [-0.25, -0.2) is 0 Å². The minimum absolute atomic E-state index is 0.0510. The maximum absolute atomic E-state index is 11.5. The van der Waals surface area contributed by atoms with Crippen molar-refractivity contribution in [1.82, 2.24) is 0 Å². The largest absolute Gasteiger partial charge is 0.493 e. The molecule has 0 aliphatic carbocycles. The minimum atomic E-state index is -0.703. The number of rotatable bonds is 7. The van der Waals surface area contributed by atoms with E-state index in [1.165, 1.54) is 6.92 Å². The van der Waals surface area contributed by atoms with Crippen molar-refractivity contribution in [2.45, 2.75) is 46.1 Å². The van der Waals surface area contributed by atoms with Crippen LogP contribution in [0.25, 0.3) is 0 Å². The standard InChI is InChI=1S/C15H22O3/c1-4-5-6-10-18-14-9-7-8-13(11(2)16)15(14)12(3)17/h7-9,12,17H,4-6,10H2,1-3H3. The number of aliphatic hydroxyl groups excluding tert-OH is 1. The molecule has 0 bridgehead atoms. The molecular formula is C15H22O3. The zero-order valence-electron chi connectivity index (χ0n) is 11.4. The summed E-state index contributed by atoms with van der Waals surface area (Å²) in [7, 11) is 0. The molecule has 100 valence electrons. The van der Waals surface area contributed by atoms with Crippen LogP contribution in [0.15, 0.2) is 18.2 Å². The van der Waals surface area contributed by atoms with Gasteiger partial charge in [0.15, 0.2) is 5.78 Å². The van der Waals surface area contributed by atoms with Crippen LogP contribution in [0.3, 0.4) is 0 Å². The molecule has 3 heteroatoms. The summed E-state index contributed by atoms with van der Waals surface area (Å²) in [6.07, 6.45) is 2.54. The molecular weight excluding hydrogens is 228 g/mol. The maximum atomic E-state index is 11.5. The highest BCUT2D eigenvalue weighted by atomic mass is 16.5. The van der Waals surface area contributed by atoms with Crippen molar-refractivity contribution in [2.75, 3.05) is 6.61 Å². The Hall–Kier alpha value is -1.35. The monoisotopic (exact) mass is 250 g/mol. The quantitative estimate of drug-likeness (QED) is 0.595. The number of ketones is 1. The number of carbonyl (C=O) groups is 1. The van der Waals surface area contributed by atoms with Gasteiger partial charge >= 0.3 is 0 Å². The molecule has 1 atom stereocenters. The average Bonchev–Trinajstić information content (AvgIpc) is 2.33. The number of benzene rings is 1. The first-order valence-corrected chi connectivity index (χ1v) is 6.52. The lowest BCUT2D eigenvalue weighted by Gasteiger charge is -2.16. The molecule has 0 saturated carbocycles. The first-order valence-electron chi connectivity index (χ1n) is 6.52. The molecule has 1 rings (SSSR count). The van der Waals surface area contributed by atoms with Crippen molar-refractivity contribution in [3.63, 3.8) is 0 Å². The van der Waals surface area contributed by atoms with Crippen LogP contribution in [0.5, 0.6) is 5.75 Å². The summed E-state index contributed by atoms with van der Waals surface area (Å²) in [6, 6.07) is 5.32. The van der Waals surface area contributed by atoms with E-state index in [1.54, 1.807) is 25.1 Å². The lowest BCUT2D eigenvalue weighted by Crippen LogP contribution is -2.07.